The Morgan fingerprint density at radius 1 is 1.10 bits per heavy atom. The van der Waals surface area contributed by atoms with E-state index in [9.17, 15) is 24.5 Å². The molecule has 0 radical (unpaired) electrons. The van der Waals surface area contributed by atoms with Gasteiger partial charge in [-0.25, -0.2) is 4.79 Å². The van der Waals surface area contributed by atoms with E-state index in [1.165, 1.54) is 37.1 Å². The number of hydrazine groups is 1. The summed E-state index contributed by atoms with van der Waals surface area (Å²) in [6.45, 7) is -0.632. The highest BCUT2D eigenvalue weighted by Gasteiger charge is 2.16. The first-order valence-electron chi connectivity index (χ1n) is 8.08. The Morgan fingerprint density at radius 2 is 1.79 bits per heavy atom. The summed E-state index contributed by atoms with van der Waals surface area (Å²) in [4.78, 5) is 46.7. The third kappa shape index (κ3) is 5.94. The second-order valence-corrected chi connectivity index (χ2v) is 6.33. The second kappa shape index (κ2) is 10.1. The zero-order valence-corrected chi connectivity index (χ0v) is 16.3. The fourth-order valence-electron chi connectivity index (χ4n) is 2.15. The number of methoxy groups -OCH3 is 1. The van der Waals surface area contributed by atoms with Gasteiger partial charge in [0.25, 0.3) is 17.5 Å². The Kier molecular flexibility index (Phi) is 7.54. The van der Waals surface area contributed by atoms with E-state index in [0.717, 1.165) is 17.0 Å². The molecule has 2 aromatic rings. The van der Waals surface area contributed by atoms with Crippen molar-refractivity contribution in [1.82, 2.24) is 10.9 Å². The van der Waals surface area contributed by atoms with Gasteiger partial charge in [0.05, 0.1) is 12.0 Å². The van der Waals surface area contributed by atoms with E-state index >= 15 is 0 Å². The summed E-state index contributed by atoms with van der Waals surface area (Å²) in [5.41, 5.74) is 4.30. The lowest BCUT2D eigenvalue weighted by atomic mass is 10.2. The molecule has 0 spiro atoms. The van der Waals surface area contributed by atoms with Crippen molar-refractivity contribution in [2.75, 3.05) is 20.0 Å². The van der Waals surface area contributed by atoms with Crippen molar-refractivity contribution in [2.24, 2.45) is 0 Å². The number of carbonyl (C=O) groups is 3. The van der Waals surface area contributed by atoms with Gasteiger partial charge in [0.1, 0.15) is 11.3 Å². The first-order valence-corrected chi connectivity index (χ1v) is 9.31. The van der Waals surface area contributed by atoms with E-state index in [-0.39, 0.29) is 16.8 Å². The van der Waals surface area contributed by atoms with Crippen LogP contribution in [0.3, 0.4) is 0 Å². The molecule has 0 aromatic heterocycles. The Hall–Kier alpha value is -3.60. The summed E-state index contributed by atoms with van der Waals surface area (Å²) in [7, 11) is 1.41. The molecule has 0 fully saturated rings. The van der Waals surface area contributed by atoms with Crippen molar-refractivity contribution < 1.29 is 28.8 Å². The van der Waals surface area contributed by atoms with Gasteiger partial charge in [0.2, 0.25) is 0 Å². The Morgan fingerprint density at radius 3 is 2.38 bits per heavy atom. The lowest BCUT2D eigenvalue weighted by Gasteiger charge is -2.10. The maximum absolute atomic E-state index is 12.1. The fourth-order valence-corrected chi connectivity index (χ4v) is 2.57. The molecular formula is C18H17N3O7S. The van der Waals surface area contributed by atoms with Gasteiger partial charge in [-0.3, -0.25) is 30.6 Å². The molecule has 10 nitrogen and oxygen atoms in total. The van der Waals surface area contributed by atoms with Gasteiger partial charge >= 0.3 is 5.97 Å². The summed E-state index contributed by atoms with van der Waals surface area (Å²) < 4.78 is 10.1. The molecule has 0 aliphatic rings. The highest BCUT2D eigenvalue weighted by molar-refractivity contribution is 7.98. The number of benzene rings is 2. The molecule has 0 heterocycles. The first-order chi connectivity index (χ1) is 13.8. The van der Waals surface area contributed by atoms with Crippen molar-refractivity contribution in [1.29, 1.82) is 0 Å². The monoisotopic (exact) mass is 419 g/mol. The lowest BCUT2D eigenvalue weighted by Crippen LogP contribution is -2.43. The smallest absolute Gasteiger partial charge is 0.342 e. The zero-order chi connectivity index (χ0) is 21.4. The average Bonchev–Trinajstić information content (AvgIpc) is 2.75. The molecule has 2 N–H and O–H groups in total. The molecule has 0 bridgehead atoms. The predicted octanol–water partition coefficient (Wildman–Crippen LogP) is 1.94. The van der Waals surface area contributed by atoms with Crippen molar-refractivity contribution in [3.05, 3.63) is 63.7 Å². The normalized spacial score (nSPS) is 10.0. The SMILES string of the molecule is COc1cc(SC)ccc1C(=O)OCC(=O)NNC(=O)c1ccc([N+](=O)[O-])cc1. The number of carbonyl (C=O) groups excluding carboxylic acids is 3. The highest BCUT2D eigenvalue weighted by Crippen LogP contribution is 2.25. The van der Waals surface area contributed by atoms with Crippen LogP contribution in [0.5, 0.6) is 5.75 Å². The standard InChI is InChI=1S/C18H17N3O7S/c1-27-15-9-13(29-2)7-8-14(15)18(24)28-10-16(22)19-20-17(23)11-3-5-12(6-4-11)21(25)26/h3-9H,10H2,1-2H3,(H,19,22)(H,20,23). The number of ether oxygens (including phenoxy) is 2. The zero-order valence-electron chi connectivity index (χ0n) is 15.5. The summed E-state index contributed by atoms with van der Waals surface area (Å²) in [6.07, 6.45) is 1.88. The van der Waals surface area contributed by atoms with E-state index in [2.05, 4.69) is 10.9 Å². The maximum atomic E-state index is 12.1. The highest BCUT2D eigenvalue weighted by atomic mass is 32.2. The Bertz CT molecular complexity index is 932. The number of hydrogen-bond donors (Lipinski definition) is 2. The van der Waals surface area contributed by atoms with Crippen LogP contribution in [0.4, 0.5) is 5.69 Å². The summed E-state index contributed by atoms with van der Waals surface area (Å²) in [6, 6.07) is 9.72. The van der Waals surface area contributed by atoms with Crippen LogP contribution in [-0.4, -0.2) is 42.7 Å². The van der Waals surface area contributed by atoms with Gasteiger partial charge in [-0.05, 0) is 36.6 Å². The number of non-ortho nitro benzene ring substituents is 1. The molecule has 0 saturated carbocycles. The number of nitro benzene ring substituents is 1. The quantitative estimate of drug-likeness (QED) is 0.301. The molecule has 0 aliphatic heterocycles. The van der Waals surface area contributed by atoms with Crippen LogP contribution in [-0.2, 0) is 9.53 Å². The molecule has 2 amide bonds. The van der Waals surface area contributed by atoms with Crippen LogP contribution in [0.1, 0.15) is 20.7 Å². The molecule has 2 aromatic carbocycles. The summed E-state index contributed by atoms with van der Waals surface area (Å²) in [5.74, 6) is -1.90. The molecule has 152 valence electrons. The molecule has 0 saturated heterocycles. The molecule has 0 atom stereocenters. The van der Waals surface area contributed by atoms with Crippen LogP contribution >= 0.6 is 11.8 Å². The van der Waals surface area contributed by atoms with Crippen LogP contribution in [0, 0.1) is 10.1 Å². The molecule has 29 heavy (non-hydrogen) atoms. The van der Waals surface area contributed by atoms with Crippen molar-refractivity contribution in [2.45, 2.75) is 4.90 Å². The summed E-state index contributed by atoms with van der Waals surface area (Å²) in [5, 5.41) is 10.6. The number of rotatable bonds is 7. The third-order valence-electron chi connectivity index (χ3n) is 3.62. The maximum Gasteiger partial charge on any atom is 0.342 e. The van der Waals surface area contributed by atoms with Crippen LogP contribution in [0.15, 0.2) is 47.4 Å². The van der Waals surface area contributed by atoms with Crippen LogP contribution < -0.4 is 15.6 Å². The van der Waals surface area contributed by atoms with Gasteiger partial charge in [-0.2, -0.15) is 0 Å². The van der Waals surface area contributed by atoms with Gasteiger partial charge in [0, 0.05) is 22.6 Å². The molecule has 2 rings (SSSR count). The minimum absolute atomic E-state index is 0.103. The molecule has 11 heteroatoms. The van der Waals surface area contributed by atoms with Crippen LogP contribution in [0.2, 0.25) is 0 Å². The largest absolute Gasteiger partial charge is 0.496 e. The molecule has 0 aliphatic carbocycles. The van der Waals surface area contributed by atoms with Crippen molar-refractivity contribution >= 4 is 35.2 Å². The van der Waals surface area contributed by atoms with Crippen molar-refractivity contribution in [3.8, 4) is 5.75 Å². The Labute approximate surface area is 169 Å². The fraction of sp³-hybridized carbons (Fsp3) is 0.167. The number of esters is 1. The average molecular weight is 419 g/mol. The number of thioether (sulfide) groups is 1. The van der Waals surface area contributed by atoms with E-state index < -0.39 is 29.3 Å². The molecular weight excluding hydrogens is 402 g/mol. The lowest BCUT2D eigenvalue weighted by molar-refractivity contribution is -0.384. The first kappa shape index (κ1) is 21.7. The molecule has 0 unspecified atom stereocenters. The van der Waals surface area contributed by atoms with Gasteiger partial charge < -0.3 is 9.47 Å². The van der Waals surface area contributed by atoms with Gasteiger partial charge in [-0.1, -0.05) is 0 Å². The number of nitrogens with zero attached hydrogens (tertiary/aromatic N) is 1. The summed E-state index contributed by atoms with van der Waals surface area (Å²) >= 11 is 1.48. The number of nitro groups is 1. The third-order valence-corrected chi connectivity index (χ3v) is 4.34. The van der Waals surface area contributed by atoms with E-state index in [1.54, 1.807) is 12.1 Å². The van der Waals surface area contributed by atoms with Gasteiger partial charge in [0.15, 0.2) is 6.61 Å². The minimum Gasteiger partial charge on any atom is -0.496 e. The minimum atomic E-state index is -0.770. The number of nitrogens with one attached hydrogen (secondary N) is 2. The number of amides is 2. The van der Waals surface area contributed by atoms with Crippen molar-refractivity contribution in [3.63, 3.8) is 0 Å². The predicted molar refractivity (Wildman–Crippen MR) is 104 cm³/mol. The second-order valence-electron chi connectivity index (χ2n) is 5.45. The van der Waals surface area contributed by atoms with E-state index in [0.29, 0.717) is 5.75 Å². The van der Waals surface area contributed by atoms with E-state index in [4.69, 9.17) is 9.47 Å². The Balaban J connectivity index is 1.86. The van der Waals surface area contributed by atoms with E-state index in [1.807, 2.05) is 6.26 Å². The van der Waals surface area contributed by atoms with Crippen LogP contribution in [0.25, 0.3) is 0 Å². The topological polar surface area (TPSA) is 137 Å². The number of hydrogen-bond acceptors (Lipinski definition) is 8. The van der Waals surface area contributed by atoms with Gasteiger partial charge in [-0.15, -0.1) is 11.8 Å².